The maximum atomic E-state index is 10.6. The SMILES string of the molecule is CCC(=O)OCCC(C)C.CCC(=O)OCCC(C)C. The molecule has 4 nitrogen and oxygen atoms in total. The number of rotatable bonds is 8. The van der Waals surface area contributed by atoms with Gasteiger partial charge >= 0.3 is 11.9 Å². The van der Waals surface area contributed by atoms with Gasteiger partial charge in [-0.2, -0.15) is 0 Å². The molecule has 0 unspecified atom stereocenters. The van der Waals surface area contributed by atoms with Crippen LogP contribution in [0.15, 0.2) is 0 Å². The van der Waals surface area contributed by atoms with E-state index in [0.29, 0.717) is 37.9 Å². The molecule has 0 aliphatic rings. The number of ether oxygens (including phenoxy) is 2. The summed E-state index contributed by atoms with van der Waals surface area (Å²) >= 11 is 0. The fourth-order valence-corrected chi connectivity index (χ4v) is 1.02. The first-order chi connectivity index (χ1) is 9.33. The zero-order valence-corrected chi connectivity index (χ0v) is 14.0. The van der Waals surface area contributed by atoms with Crippen molar-refractivity contribution in [3.63, 3.8) is 0 Å². The van der Waals surface area contributed by atoms with Crippen molar-refractivity contribution in [1.82, 2.24) is 0 Å². The van der Waals surface area contributed by atoms with Gasteiger partial charge in [-0.1, -0.05) is 41.5 Å². The third-order valence-electron chi connectivity index (χ3n) is 2.49. The lowest BCUT2D eigenvalue weighted by atomic mass is 10.1. The van der Waals surface area contributed by atoms with Crippen molar-refractivity contribution in [2.75, 3.05) is 13.2 Å². The van der Waals surface area contributed by atoms with Crippen molar-refractivity contribution >= 4 is 11.9 Å². The smallest absolute Gasteiger partial charge is 0.305 e. The second-order valence-corrected chi connectivity index (χ2v) is 5.51. The molecule has 120 valence electrons. The Bertz CT molecular complexity index is 221. The first-order valence-corrected chi connectivity index (χ1v) is 7.64. The summed E-state index contributed by atoms with van der Waals surface area (Å²) in [5.74, 6) is 1.04. The van der Waals surface area contributed by atoms with Gasteiger partial charge in [0.05, 0.1) is 13.2 Å². The fourth-order valence-electron chi connectivity index (χ4n) is 1.02. The zero-order valence-electron chi connectivity index (χ0n) is 14.0. The third kappa shape index (κ3) is 19.3. The molecule has 0 bridgehead atoms. The highest BCUT2D eigenvalue weighted by molar-refractivity contribution is 5.69. The molecule has 0 aromatic heterocycles. The second-order valence-electron chi connectivity index (χ2n) is 5.51. The van der Waals surface area contributed by atoms with Gasteiger partial charge in [0.15, 0.2) is 0 Å². The van der Waals surface area contributed by atoms with E-state index in [9.17, 15) is 9.59 Å². The highest BCUT2D eigenvalue weighted by atomic mass is 16.5. The van der Waals surface area contributed by atoms with Crippen molar-refractivity contribution in [2.24, 2.45) is 11.8 Å². The summed E-state index contributed by atoms with van der Waals surface area (Å²) in [7, 11) is 0. The molecule has 4 heteroatoms. The molecule has 0 atom stereocenters. The number of hydrogen-bond donors (Lipinski definition) is 0. The van der Waals surface area contributed by atoms with Crippen LogP contribution in [-0.4, -0.2) is 25.2 Å². The topological polar surface area (TPSA) is 52.6 Å². The molecule has 0 radical (unpaired) electrons. The Morgan fingerprint density at radius 3 is 1.25 bits per heavy atom. The predicted molar refractivity (Wildman–Crippen MR) is 81.4 cm³/mol. The lowest BCUT2D eigenvalue weighted by Gasteiger charge is -2.04. The van der Waals surface area contributed by atoms with Crippen LogP contribution in [0.1, 0.15) is 67.2 Å². The molecule has 0 amide bonds. The number of carbonyl (C=O) groups is 2. The summed E-state index contributed by atoms with van der Waals surface area (Å²) in [6.45, 7) is 13.2. The Hall–Kier alpha value is -1.06. The molecule has 0 aliphatic carbocycles. The first-order valence-electron chi connectivity index (χ1n) is 7.64. The molecular weight excluding hydrogens is 256 g/mol. The zero-order chi connectivity index (χ0) is 16.0. The Morgan fingerprint density at radius 2 is 1.05 bits per heavy atom. The molecule has 0 aliphatic heterocycles. The number of esters is 2. The Kier molecular flexibility index (Phi) is 15.2. The van der Waals surface area contributed by atoms with Gasteiger partial charge in [0.2, 0.25) is 0 Å². The van der Waals surface area contributed by atoms with E-state index in [1.54, 1.807) is 13.8 Å². The van der Waals surface area contributed by atoms with Gasteiger partial charge in [0, 0.05) is 12.8 Å². The Labute approximate surface area is 124 Å². The summed E-state index contributed by atoms with van der Waals surface area (Å²) in [4.78, 5) is 21.1. The van der Waals surface area contributed by atoms with E-state index in [4.69, 9.17) is 9.47 Å². The molecule has 0 N–H and O–H groups in total. The van der Waals surface area contributed by atoms with E-state index < -0.39 is 0 Å². The van der Waals surface area contributed by atoms with Crippen LogP contribution in [0.5, 0.6) is 0 Å². The van der Waals surface area contributed by atoms with Crippen molar-refractivity contribution in [2.45, 2.75) is 67.2 Å². The van der Waals surface area contributed by atoms with Gasteiger partial charge in [0.1, 0.15) is 0 Å². The quantitative estimate of drug-likeness (QED) is 0.634. The predicted octanol–water partition coefficient (Wildman–Crippen LogP) is 3.97. The summed E-state index contributed by atoms with van der Waals surface area (Å²) in [5.41, 5.74) is 0. The van der Waals surface area contributed by atoms with E-state index >= 15 is 0 Å². The van der Waals surface area contributed by atoms with E-state index in [0.717, 1.165) is 12.8 Å². The minimum absolute atomic E-state index is 0.0966. The third-order valence-corrected chi connectivity index (χ3v) is 2.49. The molecule has 0 fully saturated rings. The first kappa shape index (κ1) is 21.2. The molecule has 0 saturated carbocycles. The van der Waals surface area contributed by atoms with Gasteiger partial charge < -0.3 is 9.47 Å². The largest absolute Gasteiger partial charge is 0.466 e. The van der Waals surface area contributed by atoms with E-state index in [2.05, 4.69) is 27.7 Å². The molecular formula is C16H32O4. The maximum absolute atomic E-state index is 10.6. The van der Waals surface area contributed by atoms with Gasteiger partial charge in [-0.25, -0.2) is 0 Å². The number of hydrogen-bond acceptors (Lipinski definition) is 4. The Morgan fingerprint density at radius 1 is 0.750 bits per heavy atom. The normalized spacial score (nSPS) is 10.0. The van der Waals surface area contributed by atoms with Crippen molar-refractivity contribution in [1.29, 1.82) is 0 Å². The summed E-state index contributed by atoms with van der Waals surface area (Å²) in [6.07, 6.45) is 2.90. The Balaban J connectivity index is 0. The van der Waals surface area contributed by atoms with Gasteiger partial charge in [-0.05, 0) is 24.7 Å². The molecule has 0 rings (SSSR count). The molecule has 0 saturated heterocycles. The second kappa shape index (κ2) is 14.4. The van der Waals surface area contributed by atoms with E-state index in [-0.39, 0.29) is 11.9 Å². The van der Waals surface area contributed by atoms with Crippen LogP contribution in [0.2, 0.25) is 0 Å². The minimum atomic E-state index is -0.0966. The van der Waals surface area contributed by atoms with Gasteiger partial charge in [-0.3, -0.25) is 9.59 Å². The molecule has 0 aromatic rings. The summed E-state index contributed by atoms with van der Waals surface area (Å²) < 4.78 is 9.73. The lowest BCUT2D eigenvalue weighted by molar-refractivity contribution is -0.144. The molecule has 0 aromatic carbocycles. The summed E-state index contributed by atoms with van der Waals surface area (Å²) in [6, 6.07) is 0. The van der Waals surface area contributed by atoms with Crippen LogP contribution in [0.4, 0.5) is 0 Å². The lowest BCUT2D eigenvalue weighted by Crippen LogP contribution is -2.05. The van der Waals surface area contributed by atoms with Crippen LogP contribution < -0.4 is 0 Å². The fraction of sp³-hybridized carbons (Fsp3) is 0.875. The number of carbonyl (C=O) groups excluding carboxylic acids is 2. The van der Waals surface area contributed by atoms with E-state index in [1.807, 2.05) is 0 Å². The average molecular weight is 288 g/mol. The van der Waals surface area contributed by atoms with Crippen LogP contribution >= 0.6 is 0 Å². The average Bonchev–Trinajstić information content (AvgIpc) is 2.38. The van der Waals surface area contributed by atoms with Crippen LogP contribution in [0.3, 0.4) is 0 Å². The van der Waals surface area contributed by atoms with E-state index in [1.165, 1.54) is 0 Å². The molecule has 0 heterocycles. The standard InChI is InChI=1S/2C8H16O2/c2*1-4-8(9)10-6-5-7(2)3/h2*7H,4-6H2,1-3H3. The van der Waals surface area contributed by atoms with Crippen LogP contribution in [0, 0.1) is 11.8 Å². The van der Waals surface area contributed by atoms with Crippen LogP contribution in [0.25, 0.3) is 0 Å². The molecule has 20 heavy (non-hydrogen) atoms. The summed E-state index contributed by atoms with van der Waals surface area (Å²) in [5, 5.41) is 0. The minimum Gasteiger partial charge on any atom is -0.466 e. The highest BCUT2D eigenvalue weighted by Gasteiger charge is 1.99. The van der Waals surface area contributed by atoms with Crippen molar-refractivity contribution in [3.8, 4) is 0 Å². The van der Waals surface area contributed by atoms with Crippen molar-refractivity contribution in [3.05, 3.63) is 0 Å². The van der Waals surface area contributed by atoms with Gasteiger partial charge in [0.25, 0.3) is 0 Å². The highest BCUT2D eigenvalue weighted by Crippen LogP contribution is 2.00. The van der Waals surface area contributed by atoms with Crippen molar-refractivity contribution < 1.29 is 19.1 Å². The molecule has 0 spiro atoms. The monoisotopic (exact) mass is 288 g/mol. The van der Waals surface area contributed by atoms with Crippen LogP contribution in [-0.2, 0) is 19.1 Å². The van der Waals surface area contributed by atoms with Gasteiger partial charge in [-0.15, -0.1) is 0 Å². The maximum Gasteiger partial charge on any atom is 0.305 e.